The summed E-state index contributed by atoms with van der Waals surface area (Å²) in [5, 5.41) is 20.9. The summed E-state index contributed by atoms with van der Waals surface area (Å²) in [4.78, 5) is 14.0. The van der Waals surface area contributed by atoms with Gasteiger partial charge in [-0.1, -0.05) is 19.4 Å². The van der Waals surface area contributed by atoms with Gasteiger partial charge >= 0.3 is 0 Å². The second kappa shape index (κ2) is 6.17. The minimum Gasteiger partial charge on any atom is -0.382 e. The van der Waals surface area contributed by atoms with E-state index in [9.17, 15) is 9.90 Å². The molecule has 1 fully saturated rings. The highest BCUT2D eigenvalue weighted by Gasteiger charge is 2.38. The molecule has 2 rings (SSSR count). The predicted molar refractivity (Wildman–Crippen MR) is 74.8 cm³/mol. The average molecular weight is 278 g/mol. The van der Waals surface area contributed by atoms with Crippen LogP contribution in [0.3, 0.4) is 0 Å². The first-order valence-corrected chi connectivity index (χ1v) is 7.16. The number of nitrogens with zero attached hydrogens (tertiary/aromatic N) is 3. The molecule has 0 saturated carbocycles. The van der Waals surface area contributed by atoms with Gasteiger partial charge in [0, 0.05) is 12.6 Å². The van der Waals surface area contributed by atoms with Gasteiger partial charge in [-0.25, -0.2) is 0 Å². The van der Waals surface area contributed by atoms with Gasteiger partial charge in [-0.3, -0.25) is 4.79 Å². The number of β-amino-alcohol motifs (C(OH)–C–C–N with tert-alkyl or cyclic N) is 1. The molecule has 0 spiro atoms. The van der Waals surface area contributed by atoms with Gasteiger partial charge in [0.15, 0.2) is 0 Å². The van der Waals surface area contributed by atoms with Crippen molar-refractivity contribution in [3.05, 3.63) is 23.5 Å². The number of aromatic nitrogens is 3. The summed E-state index contributed by atoms with van der Waals surface area (Å²) in [7, 11) is 0. The molecule has 0 aromatic carbocycles. The fourth-order valence-corrected chi connectivity index (χ4v) is 2.58. The first-order valence-electron chi connectivity index (χ1n) is 7.16. The Morgan fingerprint density at radius 2 is 2.30 bits per heavy atom. The Hall–Kier alpha value is -1.69. The summed E-state index contributed by atoms with van der Waals surface area (Å²) in [6, 6.07) is 0. The zero-order valence-corrected chi connectivity index (χ0v) is 12.1. The number of allylic oxidation sites excluding steroid dienone is 1. The van der Waals surface area contributed by atoms with Crippen LogP contribution in [-0.2, 0) is 10.4 Å². The first-order chi connectivity index (χ1) is 9.59. The van der Waals surface area contributed by atoms with Gasteiger partial charge in [0.2, 0.25) is 5.91 Å². The largest absolute Gasteiger partial charge is 0.382 e. The number of carbonyl (C=O) groups excluding carboxylic acids is 1. The molecule has 1 amide bonds. The maximum absolute atomic E-state index is 12.3. The van der Waals surface area contributed by atoms with Gasteiger partial charge in [-0.2, -0.15) is 15.4 Å². The van der Waals surface area contributed by atoms with E-state index in [0.717, 1.165) is 24.8 Å². The summed E-state index contributed by atoms with van der Waals surface area (Å²) in [6.07, 6.45) is 6.34. The van der Waals surface area contributed by atoms with E-state index in [-0.39, 0.29) is 12.5 Å². The van der Waals surface area contributed by atoms with E-state index < -0.39 is 5.60 Å². The lowest BCUT2D eigenvalue weighted by atomic mass is 9.90. The summed E-state index contributed by atoms with van der Waals surface area (Å²) in [6.45, 7) is 5.04. The topological polar surface area (TPSA) is 82.1 Å². The highest BCUT2D eigenvalue weighted by Crippen LogP contribution is 2.29. The van der Waals surface area contributed by atoms with Crippen molar-refractivity contribution in [2.45, 2.75) is 45.1 Å². The van der Waals surface area contributed by atoms with Crippen molar-refractivity contribution in [3.63, 3.8) is 0 Å². The fourth-order valence-electron chi connectivity index (χ4n) is 2.58. The summed E-state index contributed by atoms with van der Waals surface area (Å²) in [5.74, 6) is -0.0229. The lowest BCUT2D eigenvalue weighted by molar-refractivity contribution is -0.133. The van der Waals surface area contributed by atoms with Gasteiger partial charge in [-0.15, -0.1) is 0 Å². The number of carbonyl (C=O) groups is 1. The number of piperidine rings is 1. The number of rotatable bonds is 4. The molecule has 1 aromatic heterocycles. The number of hydrogen-bond donors (Lipinski definition) is 2. The number of aromatic amines is 1. The second-order valence-corrected chi connectivity index (χ2v) is 5.26. The van der Waals surface area contributed by atoms with Crippen LogP contribution >= 0.6 is 0 Å². The predicted octanol–water partition coefficient (Wildman–Crippen LogP) is 1.36. The molecule has 0 unspecified atom stereocenters. The van der Waals surface area contributed by atoms with E-state index in [1.165, 1.54) is 6.20 Å². The Kier molecular flexibility index (Phi) is 4.54. The van der Waals surface area contributed by atoms with Crippen LogP contribution in [0.1, 0.15) is 45.2 Å². The van der Waals surface area contributed by atoms with Crippen LogP contribution in [0, 0.1) is 0 Å². The van der Waals surface area contributed by atoms with Crippen LogP contribution < -0.4 is 0 Å². The van der Waals surface area contributed by atoms with E-state index in [1.54, 1.807) is 11.0 Å². The van der Waals surface area contributed by atoms with Crippen molar-refractivity contribution >= 4 is 5.91 Å². The van der Waals surface area contributed by atoms with Crippen LogP contribution in [0.25, 0.3) is 0 Å². The number of aliphatic hydroxyl groups is 1. The quantitative estimate of drug-likeness (QED) is 0.815. The second-order valence-electron chi connectivity index (χ2n) is 5.26. The minimum atomic E-state index is -1.09. The molecular weight excluding hydrogens is 256 g/mol. The van der Waals surface area contributed by atoms with Crippen LogP contribution in [0.4, 0.5) is 0 Å². The molecule has 6 nitrogen and oxygen atoms in total. The molecule has 0 radical (unpaired) electrons. The molecule has 1 aliphatic rings. The highest BCUT2D eigenvalue weighted by molar-refractivity contribution is 5.88. The lowest BCUT2D eigenvalue weighted by Crippen LogP contribution is -2.48. The van der Waals surface area contributed by atoms with E-state index in [0.29, 0.717) is 18.7 Å². The standard InChI is InChI=1S/C14H22N4O2/c1-3-11(4-2)8-13(19)18-7-5-6-14(20,10-18)12-9-15-17-16-12/h8-9,20H,3-7,10H2,1-2H3,(H,15,16,17)/t14-/m1/s1. The number of hydrogen-bond acceptors (Lipinski definition) is 4. The molecule has 1 aromatic rings. The molecule has 0 aliphatic carbocycles. The Balaban J connectivity index is 2.11. The summed E-state index contributed by atoms with van der Waals surface area (Å²) < 4.78 is 0. The van der Waals surface area contributed by atoms with Crippen molar-refractivity contribution in [2.75, 3.05) is 13.1 Å². The van der Waals surface area contributed by atoms with Crippen LogP contribution in [-0.4, -0.2) is 44.4 Å². The van der Waals surface area contributed by atoms with E-state index in [1.807, 2.05) is 13.8 Å². The van der Waals surface area contributed by atoms with Crippen LogP contribution in [0.2, 0.25) is 0 Å². The molecule has 1 atom stereocenters. The fraction of sp³-hybridized carbons (Fsp3) is 0.643. The summed E-state index contributed by atoms with van der Waals surface area (Å²) >= 11 is 0. The van der Waals surface area contributed by atoms with Crippen molar-refractivity contribution in [1.29, 1.82) is 0 Å². The van der Waals surface area contributed by atoms with Crippen LogP contribution in [0.5, 0.6) is 0 Å². The van der Waals surface area contributed by atoms with Gasteiger partial charge < -0.3 is 10.0 Å². The van der Waals surface area contributed by atoms with Gasteiger partial charge in [0.25, 0.3) is 0 Å². The number of amides is 1. The smallest absolute Gasteiger partial charge is 0.246 e. The lowest BCUT2D eigenvalue weighted by Gasteiger charge is -2.37. The Labute approximate surface area is 118 Å². The van der Waals surface area contributed by atoms with E-state index in [4.69, 9.17) is 0 Å². The van der Waals surface area contributed by atoms with Gasteiger partial charge in [0.05, 0.1) is 12.7 Å². The number of H-pyrrole nitrogens is 1. The molecular formula is C14H22N4O2. The molecule has 2 N–H and O–H groups in total. The number of likely N-dealkylation sites (tertiary alicyclic amines) is 1. The number of nitrogens with one attached hydrogen (secondary N) is 1. The zero-order chi connectivity index (χ0) is 14.6. The molecule has 6 heteroatoms. The third kappa shape index (κ3) is 3.07. The Bertz CT molecular complexity index is 477. The average Bonchev–Trinajstić information content (AvgIpc) is 2.99. The summed E-state index contributed by atoms with van der Waals surface area (Å²) in [5.41, 5.74) is 0.545. The molecule has 1 aliphatic heterocycles. The third-order valence-corrected chi connectivity index (χ3v) is 3.91. The highest BCUT2D eigenvalue weighted by atomic mass is 16.3. The Morgan fingerprint density at radius 3 is 2.90 bits per heavy atom. The Morgan fingerprint density at radius 1 is 1.55 bits per heavy atom. The molecule has 20 heavy (non-hydrogen) atoms. The molecule has 2 heterocycles. The van der Waals surface area contributed by atoms with Crippen molar-refractivity contribution in [3.8, 4) is 0 Å². The SMILES string of the molecule is CCC(=CC(=O)N1CCC[C@](O)(c2cn[nH]n2)C1)CC. The monoisotopic (exact) mass is 278 g/mol. The van der Waals surface area contributed by atoms with Crippen LogP contribution in [0.15, 0.2) is 17.8 Å². The van der Waals surface area contributed by atoms with Crippen molar-refractivity contribution in [2.24, 2.45) is 0 Å². The maximum atomic E-state index is 12.3. The van der Waals surface area contributed by atoms with Gasteiger partial charge in [-0.05, 0) is 25.7 Å². The van der Waals surface area contributed by atoms with E-state index >= 15 is 0 Å². The minimum absolute atomic E-state index is 0.0229. The normalized spacial score (nSPS) is 22.6. The molecule has 110 valence electrons. The van der Waals surface area contributed by atoms with Crippen molar-refractivity contribution in [1.82, 2.24) is 20.3 Å². The maximum Gasteiger partial charge on any atom is 0.246 e. The van der Waals surface area contributed by atoms with E-state index in [2.05, 4.69) is 15.4 Å². The molecule has 0 bridgehead atoms. The zero-order valence-electron chi connectivity index (χ0n) is 12.1. The first kappa shape index (κ1) is 14.7. The molecule has 1 saturated heterocycles. The van der Waals surface area contributed by atoms with Crippen molar-refractivity contribution < 1.29 is 9.90 Å². The van der Waals surface area contributed by atoms with Gasteiger partial charge in [0.1, 0.15) is 11.3 Å². The third-order valence-electron chi connectivity index (χ3n) is 3.91.